The Labute approximate surface area is 164 Å². The van der Waals surface area contributed by atoms with Crippen LogP contribution in [0.5, 0.6) is 5.75 Å². The van der Waals surface area contributed by atoms with Crippen molar-refractivity contribution in [3.63, 3.8) is 0 Å². The fraction of sp³-hybridized carbons (Fsp3) is 0.333. The second-order valence-electron chi connectivity index (χ2n) is 6.49. The van der Waals surface area contributed by atoms with E-state index in [1.54, 1.807) is 12.1 Å². The van der Waals surface area contributed by atoms with Gasteiger partial charge in [-0.1, -0.05) is 12.1 Å². The maximum atomic E-state index is 13.0. The first-order valence-corrected chi connectivity index (χ1v) is 9.57. The number of ether oxygens (including phenoxy) is 1. The van der Waals surface area contributed by atoms with E-state index >= 15 is 0 Å². The average Bonchev–Trinajstić information content (AvgIpc) is 2.70. The van der Waals surface area contributed by atoms with Crippen LogP contribution >= 0.6 is 12.2 Å². The minimum atomic E-state index is -0.329. The van der Waals surface area contributed by atoms with Gasteiger partial charge in [-0.3, -0.25) is 4.79 Å². The first-order valence-electron chi connectivity index (χ1n) is 9.16. The molecule has 1 heterocycles. The molecule has 2 aromatic carbocycles. The summed E-state index contributed by atoms with van der Waals surface area (Å²) in [6.07, 6.45) is 1.45. The van der Waals surface area contributed by atoms with Crippen LogP contribution in [0, 0.1) is 11.7 Å². The lowest BCUT2D eigenvalue weighted by atomic mass is 9.89. The molecule has 0 saturated carbocycles. The molecule has 0 spiro atoms. The average molecular weight is 386 g/mol. The molecule has 3 rings (SSSR count). The maximum absolute atomic E-state index is 13.0. The van der Waals surface area contributed by atoms with Crippen LogP contribution in [0.25, 0.3) is 0 Å². The Kier molecular flexibility index (Phi) is 6.40. The number of para-hydroxylation sites is 2. The van der Waals surface area contributed by atoms with E-state index in [4.69, 9.17) is 17.0 Å². The van der Waals surface area contributed by atoms with E-state index in [0.717, 1.165) is 24.3 Å². The summed E-state index contributed by atoms with van der Waals surface area (Å²) in [7, 11) is 0. The van der Waals surface area contributed by atoms with Crippen molar-refractivity contribution in [2.24, 2.45) is 5.92 Å². The Bertz CT molecular complexity index is 802. The Morgan fingerprint density at radius 1 is 1.19 bits per heavy atom. The highest BCUT2D eigenvalue weighted by atomic mass is 32.1. The molecule has 142 valence electrons. The zero-order valence-electron chi connectivity index (χ0n) is 15.3. The number of carbonyl (C=O) groups excluding carboxylic acids is 1. The van der Waals surface area contributed by atoms with Crippen molar-refractivity contribution in [1.82, 2.24) is 4.90 Å². The number of likely N-dealkylation sites (tertiary alicyclic amines) is 1. The largest absolute Gasteiger partial charge is 0.492 e. The predicted molar refractivity (Wildman–Crippen MR) is 109 cm³/mol. The number of anilines is 1. The summed E-state index contributed by atoms with van der Waals surface area (Å²) in [5.74, 6) is 0.467. The Hall–Kier alpha value is -2.47. The van der Waals surface area contributed by atoms with Gasteiger partial charge in [-0.05, 0) is 68.4 Å². The minimum Gasteiger partial charge on any atom is -0.492 e. The number of hydrogen-bond acceptors (Lipinski definition) is 3. The lowest BCUT2D eigenvalue weighted by Crippen LogP contribution is -2.42. The van der Waals surface area contributed by atoms with Gasteiger partial charge >= 0.3 is 0 Å². The van der Waals surface area contributed by atoms with Crippen LogP contribution in [-0.4, -0.2) is 35.5 Å². The molecule has 2 aromatic rings. The SMILES string of the molecule is CCOc1ccccc1NC(=S)N1CCC(C(=O)c2ccc(F)cc2)CC1. The third-order valence-corrected chi connectivity index (χ3v) is 5.07. The van der Waals surface area contributed by atoms with Crippen LogP contribution in [0.4, 0.5) is 10.1 Å². The van der Waals surface area contributed by atoms with Crippen LogP contribution in [0.1, 0.15) is 30.1 Å². The molecule has 1 fully saturated rings. The van der Waals surface area contributed by atoms with Crippen LogP contribution in [0.2, 0.25) is 0 Å². The molecule has 4 nitrogen and oxygen atoms in total. The molecule has 0 aromatic heterocycles. The van der Waals surface area contributed by atoms with E-state index in [0.29, 0.717) is 30.4 Å². The van der Waals surface area contributed by atoms with E-state index in [2.05, 4.69) is 10.2 Å². The van der Waals surface area contributed by atoms with Gasteiger partial charge in [0.1, 0.15) is 11.6 Å². The van der Waals surface area contributed by atoms with Gasteiger partial charge in [0.2, 0.25) is 0 Å². The third kappa shape index (κ3) is 4.83. The summed E-state index contributed by atoms with van der Waals surface area (Å²) < 4.78 is 18.7. The second-order valence-corrected chi connectivity index (χ2v) is 6.88. The van der Waals surface area contributed by atoms with Gasteiger partial charge in [0, 0.05) is 24.6 Å². The number of nitrogens with one attached hydrogen (secondary N) is 1. The smallest absolute Gasteiger partial charge is 0.173 e. The summed E-state index contributed by atoms with van der Waals surface area (Å²) in [4.78, 5) is 14.7. The quantitative estimate of drug-likeness (QED) is 0.605. The van der Waals surface area contributed by atoms with Crippen molar-refractivity contribution in [3.05, 3.63) is 59.9 Å². The number of benzene rings is 2. The highest BCUT2D eigenvalue weighted by Crippen LogP contribution is 2.26. The molecule has 27 heavy (non-hydrogen) atoms. The number of Topliss-reactive ketones (excluding diaryl/α,β-unsaturated/α-hetero) is 1. The zero-order valence-corrected chi connectivity index (χ0v) is 16.1. The van der Waals surface area contributed by atoms with Crippen molar-refractivity contribution in [3.8, 4) is 5.75 Å². The second kappa shape index (κ2) is 8.95. The van der Waals surface area contributed by atoms with Gasteiger partial charge in [-0.2, -0.15) is 0 Å². The lowest BCUT2D eigenvalue weighted by Gasteiger charge is -2.33. The lowest BCUT2D eigenvalue weighted by molar-refractivity contribution is 0.0873. The standard InChI is InChI=1S/C21H23FN2O2S/c1-2-26-19-6-4-3-5-18(19)23-21(27)24-13-11-16(12-14-24)20(25)15-7-9-17(22)10-8-15/h3-10,16H,2,11-14H2,1H3,(H,23,27). The van der Waals surface area contributed by atoms with E-state index in [-0.39, 0.29) is 17.5 Å². The number of piperidine rings is 1. The Morgan fingerprint density at radius 3 is 2.52 bits per heavy atom. The Morgan fingerprint density at radius 2 is 1.85 bits per heavy atom. The van der Waals surface area contributed by atoms with E-state index in [9.17, 15) is 9.18 Å². The molecule has 1 N–H and O–H groups in total. The van der Waals surface area contributed by atoms with Crippen molar-refractivity contribution in [2.45, 2.75) is 19.8 Å². The highest BCUT2D eigenvalue weighted by molar-refractivity contribution is 7.80. The molecular weight excluding hydrogens is 363 g/mol. The zero-order chi connectivity index (χ0) is 19.2. The molecule has 1 aliphatic rings. The number of rotatable bonds is 5. The summed E-state index contributed by atoms with van der Waals surface area (Å²) in [5.41, 5.74) is 1.41. The molecule has 0 atom stereocenters. The summed E-state index contributed by atoms with van der Waals surface area (Å²) in [5, 5.41) is 3.89. The monoisotopic (exact) mass is 386 g/mol. The summed E-state index contributed by atoms with van der Waals surface area (Å²) in [6.45, 7) is 3.95. The van der Waals surface area contributed by atoms with Crippen molar-refractivity contribution in [2.75, 3.05) is 25.0 Å². The molecule has 6 heteroatoms. The van der Waals surface area contributed by atoms with E-state index < -0.39 is 0 Å². The van der Waals surface area contributed by atoms with Gasteiger partial charge in [-0.25, -0.2) is 4.39 Å². The number of hydrogen-bond donors (Lipinski definition) is 1. The van der Waals surface area contributed by atoms with Crippen molar-refractivity contribution >= 4 is 28.8 Å². The molecule has 0 radical (unpaired) electrons. The minimum absolute atomic E-state index is 0.0507. The number of halogens is 1. The fourth-order valence-electron chi connectivity index (χ4n) is 3.24. The van der Waals surface area contributed by atoms with E-state index in [1.165, 1.54) is 12.1 Å². The molecule has 0 aliphatic carbocycles. The number of thiocarbonyl (C=S) groups is 1. The van der Waals surface area contributed by atoms with Crippen molar-refractivity contribution < 1.29 is 13.9 Å². The molecule has 0 amide bonds. The first kappa shape index (κ1) is 19.3. The topological polar surface area (TPSA) is 41.6 Å². The van der Waals surface area contributed by atoms with Crippen LogP contribution < -0.4 is 10.1 Å². The molecule has 1 aliphatic heterocycles. The molecular formula is C21H23FN2O2S. The van der Waals surface area contributed by atoms with Gasteiger partial charge in [0.05, 0.1) is 12.3 Å². The third-order valence-electron chi connectivity index (χ3n) is 4.71. The molecule has 0 bridgehead atoms. The molecule has 1 saturated heterocycles. The van der Waals surface area contributed by atoms with Gasteiger partial charge in [0.15, 0.2) is 10.9 Å². The van der Waals surface area contributed by atoms with Crippen LogP contribution in [0.3, 0.4) is 0 Å². The van der Waals surface area contributed by atoms with E-state index in [1.807, 2.05) is 31.2 Å². The number of carbonyl (C=O) groups is 1. The maximum Gasteiger partial charge on any atom is 0.173 e. The highest BCUT2D eigenvalue weighted by Gasteiger charge is 2.27. The first-order chi connectivity index (χ1) is 13.1. The van der Waals surface area contributed by atoms with Gasteiger partial charge in [0.25, 0.3) is 0 Å². The van der Waals surface area contributed by atoms with Gasteiger partial charge < -0.3 is 15.0 Å². The summed E-state index contributed by atoms with van der Waals surface area (Å²) >= 11 is 5.54. The van der Waals surface area contributed by atoms with Gasteiger partial charge in [-0.15, -0.1) is 0 Å². The number of nitrogens with zero attached hydrogens (tertiary/aromatic N) is 1. The predicted octanol–water partition coefficient (Wildman–Crippen LogP) is 4.52. The summed E-state index contributed by atoms with van der Waals surface area (Å²) in [6, 6.07) is 13.5. The van der Waals surface area contributed by atoms with Crippen molar-refractivity contribution in [1.29, 1.82) is 0 Å². The molecule has 0 unspecified atom stereocenters. The normalized spacial score (nSPS) is 14.7. The Balaban J connectivity index is 1.56. The van der Waals surface area contributed by atoms with Crippen LogP contribution in [-0.2, 0) is 0 Å². The van der Waals surface area contributed by atoms with Crippen LogP contribution in [0.15, 0.2) is 48.5 Å². The number of ketones is 1. The fourth-order valence-corrected chi connectivity index (χ4v) is 3.53.